The van der Waals surface area contributed by atoms with Crippen molar-refractivity contribution in [3.05, 3.63) is 18.6 Å². The van der Waals surface area contributed by atoms with Crippen LogP contribution in [-0.4, -0.2) is 55.0 Å². The molecule has 0 saturated carbocycles. The fourth-order valence-electron chi connectivity index (χ4n) is 2.70. The lowest BCUT2D eigenvalue weighted by Gasteiger charge is -2.25. The molecule has 0 aliphatic carbocycles. The molecule has 6 nitrogen and oxygen atoms in total. The molecule has 2 fully saturated rings. The molecule has 1 aromatic rings. The average molecular weight is 264 g/mol. The van der Waals surface area contributed by atoms with Crippen molar-refractivity contribution < 1.29 is 9.47 Å². The Balaban J connectivity index is 1.51. The molecule has 104 valence electrons. The first-order valence-electron chi connectivity index (χ1n) is 6.79. The maximum Gasteiger partial charge on any atom is 0.144 e. The van der Waals surface area contributed by atoms with Crippen LogP contribution in [0.5, 0.6) is 0 Å². The summed E-state index contributed by atoms with van der Waals surface area (Å²) in [7, 11) is 0. The summed E-state index contributed by atoms with van der Waals surface area (Å²) >= 11 is 0. The highest BCUT2D eigenvalue weighted by Crippen LogP contribution is 2.31. The van der Waals surface area contributed by atoms with Crippen molar-refractivity contribution in [1.29, 1.82) is 0 Å². The van der Waals surface area contributed by atoms with Crippen LogP contribution in [0.3, 0.4) is 0 Å². The molecule has 2 aliphatic heterocycles. The van der Waals surface area contributed by atoms with E-state index in [2.05, 4.69) is 20.6 Å². The molecule has 0 radical (unpaired) electrons. The summed E-state index contributed by atoms with van der Waals surface area (Å²) in [6.45, 7) is 4.90. The number of hydrogen-bond acceptors (Lipinski definition) is 6. The molecule has 2 saturated heterocycles. The lowest BCUT2D eigenvalue weighted by molar-refractivity contribution is -0.0471. The first-order chi connectivity index (χ1) is 9.36. The molecule has 6 heteroatoms. The fraction of sp³-hybridized carbons (Fsp3) is 0.692. The van der Waals surface area contributed by atoms with Crippen LogP contribution in [0.1, 0.15) is 6.42 Å². The van der Waals surface area contributed by atoms with E-state index in [1.54, 1.807) is 18.6 Å². The van der Waals surface area contributed by atoms with Crippen LogP contribution in [0.25, 0.3) is 0 Å². The summed E-state index contributed by atoms with van der Waals surface area (Å²) in [4.78, 5) is 8.25. The van der Waals surface area contributed by atoms with Gasteiger partial charge in [-0.3, -0.25) is 4.98 Å². The third kappa shape index (κ3) is 3.20. The SMILES string of the molecule is c1cnc(NC[C@@H]2CO[C@]3(CNCCOC3)C2)cn1. The Labute approximate surface area is 112 Å². The van der Waals surface area contributed by atoms with Crippen LogP contribution < -0.4 is 10.6 Å². The van der Waals surface area contributed by atoms with Crippen LogP contribution in [0.4, 0.5) is 5.82 Å². The number of nitrogens with zero attached hydrogens (tertiary/aromatic N) is 2. The largest absolute Gasteiger partial charge is 0.377 e. The maximum absolute atomic E-state index is 6.00. The number of ether oxygens (including phenoxy) is 2. The molecule has 0 bridgehead atoms. The zero-order valence-electron chi connectivity index (χ0n) is 11.0. The Bertz CT molecular complexity index is 393. The second kappa shape index (κ2) is 5.81. The van der Waals surface area contributed by atoms with Crippen LogP contribution in [0.15, 0.2) is 18.6 Å². The van der Waals surface area contributed by atoms with Crippen molar-refractivity contribution in [3.8, 4) is 0 Å². The van der Waals surface area contributed by atoms with Gasteiger partial charge in [-0.2, -0.15) is 0 Å². The molecule has 0 aromatic carbocycles. The van der Waals surface area contributed by atoms with Crippen molar-refractivity contribution in [2.75, 3.05) is 44.8 Å². The lowest BCUT2D eigenvalue weighted by atomic mass is 9.95. The minimum absolute atomic E-state index is 0.134. The van der Waals surface area contributed by atoms with Crippen molar-refractivity contribution >= 4 is 5.82 Å². The Hall–Kier alpha value is -1.24. The molecule has 2 N–H and O–H groups in total. The highest BCUT2D eigenvalue weighted by molar-refractivity contribution is 5.29. The van der Waals surface area contributed by atoms with Crippen molar-refractivity contribution in [1.82, 2.24) is 15.3 Å². The first-order valence-corrected chi connectivity index (χ1v) is 6.79. The quantitative estimate of drug-likeness (QED) is 0.817. The van der Waals surface area contributed by atoms with Gasteiger partial charge in [0.25, 0.3) is 0 Å². The third-order valence-electron chi connectivity index (χ3n) is 3.66. The van der Waals surface area contributed by atoms with E-state index in [0.717, 1.165) is 45.1 Å². The monoisotopic (exact) mass is 264 g/mol. The van der Waals surface area contributed by atoms with Gasteiger partial charge in [0.1, 0.15) is 11.4 Å². The average Bonchev–Trinajstić information content (AvgIpc) is 2.70. The molecular weight excluding hydrogens is 244 g/mol. The Kier molecular flexibility index (Phi) is 3.91. The zero-order chi connectivity index (χ0) is 13.0. The molecule has 1 spiro atoms. The topological polar surface area (TPSA) is 68.3 Å². The number of aromatic nitrogens is 2. The molecule has 0 unspecified atom stereocenters. The van der Waals surface area contributed by atoms with E-state index in [9.17, 15) is 0 Å². The highest BCUT2D eigenvalue weighted by Gasteiger charge is 2.41. The summed E-state index contributed by atoms with van der Waals surface area (Å²) in [6.07, 6.45) is 6.13. The minimum Gasteiger partial charge on any atom is -0.377 e. The second-order valence-electron chi connectivity index (χ2n) is 5.27. The fourth-order valence-corrected chi connectivity index (χ4v) is 2.70. The molecule has 19 heavy (non-hydrogen) atoms. The normalized spacial score (nSPS) is 31.3. The molecule has 1 aromatic heterocycles. The van der Waals surface area contributed by atoms with Gasteiger partial charge in [-0.25, -0.2) is 4.98 Å². The van der Waals surface area contributed by atoms with Gasteiger partial charge in [0.05, 0.1) is 26.0 Å². The van der Waals surface area contributed by atoms with E-state index in [0.29, 0.717) is 12.5 Å². The minimum atomic E-state index is -0.134. The summed E-state index contributed by atoms with van der Waals surface area (Å²) in [5.74, 6) is 1.31. The van der Waals surface area contributed by atoms with Gasteiger partial charge in [-0.15, -0.1) is 0 Å². The van der Waals surface area contributed by atoms with Gasteiger partial charge in [-0.1, -0.05) is 0 Å². The predicted octanol–water partition coefficient (Wildman–Crippen LogP) is 0.284. The maximum atomic E-state index is 6.00. The summed E-state index contributed by atoms with van der Waals surface area (Å²) in [5, 5.41) is 6.69. The molecule has 0 amide bonds. The van der Waals surface area contributed by atoms with Gasteiger partial charge in [0, 0.05) is 37.9 Å². The van der Waals surface area contributed by atoms with E-state index in [-0.39, 0.29) is 5.60 Å². The van der Waals surface area contributed by atoms with Gasteiger partial charge in [0.2, 0.25) is 0 Å². The smallest absolute Gasteiger partial charge is 0.144 e. The molecular formula is C13H20N4O2. The zero-order valence-corrected chi connectivity index (χ0v) is 11.0. The van der Waals surface area contributed by atoms with Crippen molar-refractivity contribution in [3.63, 3.8) is 0 Å². The predicted molar refractivity (Wildman–Crippen MR) is 71.0 cm³/mol. The van der Waals surface area contributed by atoms with E-state index >= 15 is 0 Å². The summed E-state index contributed by atoms with van der Waals surface area (Å²) in [6, 6.07) is 0. The molecule has 3 heterocycles. The van der Waals surface area contributed by atoms with Crippen molar-refractivity contribution in [2.45, 2.75) is 12.0 Å². The first kappa shape index (κ1) is 12.8. The number of nitrogens with one attached hydrogen (secondary N) is 2. The van der Waals surface area contributed by atoms with Gasteiger partial charge in [-0.05, 0) is 6.42 Å². The molecule has 3 rings (SSSR count). The standard InChI is InChI=1S/C13H20N4O2/c1-2-16-12(7-14-1)17-6-11-5-13(19-8-11)9-15-3-4-18-10-13/h1-2,7,11,15H,3-6,8-10H2,(H,16,17)/t11-,13+/m1/s1. The van der Waals surface area contributed by atoms with Crippen LogP contribution in [0, 0.1) is 5.92 Å². The van der Waals surface area contributed by atoms with E-state index < -0.39 is 0 Å². The number of rotatable bonds is 3. The lowest BCUT2D eigenvalue weighted by Crippen LogP contribution is -2.42. The van der Waals surface area contributed by atoms with Crippen LogP contribution in [0.2, 0.25) is 0 Å². The molecule has 2 atom stereocenters. The van der Waals surface area contributed by atoms with Crippen molar-refractivity contribution in [2.24, 2.45) is 5.92 Å². The van der Waals surface area contributed by atoms with E-state index in [1.807, 2.05) is 0 Å². The summed E-state index contributed by atoms with van der Waals surface area (Å²) < 4.78 is 11.6. The van der Waals surface area contributed by atoms with Gasteiger partial charge < -0.3 is 20.1 Å². The Morgan fingerprint density at radius 3 is 3.37 bits per heavy atom. The van der Waals surface area contributed by atoms with Crippen LogP contribution >= 0.6 is 0 Å². The number of anilines is 1. The van der Waals surface area contributed by atoms with Gasteiger partial charge in [0.15, 0.2) is 0 Å². The highest BCUT2D eigenvalue weighted by atomic mass is 16.5. The van der Waals surface area contributed by atoms with E-state index in [1.165, 1.54) is 0 Å². The van der Waals surface area contributed by atoms with E-state index in [4.69, 9.17) is 9.47 Å². The summed E-state index contributed by atoms with van der Waals surface area (Å²) in [5.41, 5.74) is -0.134. The Morgan fingerprint density at radius 2 is 2.47 bits per heavy atom. The second-order valence-corrected chi connectivity index (χ2v) is 5.27. The molecule has 2 aliphatic rings. The van der Waals surface area contributed by atoms with Crippen LogP contribution in [-0.2, 0) is 9.47 Å². The third-order valence-corrected chi connectivity index (χ3v) is 3.66. The number of hydrogen-bond donors (Lipinski definition) is 2. The Morgan fingerprint density at radius 1 is 1.47 bits per heavy atom. The van der Waals surface area contributed by atoms with Gasteiger partial charge >= 0.3 is 0 Å².